The molecule has 2 aliphatic rings. The van der Waals surface area contributed by atoms with E-state index in [0.29, 0.717) is 34.7 Å². The van der Waals surface area contributed by atoms with Crippen LogP contribution in [0.2, 0.25) is 0 Å². The van der Waals surface area contributed by atoms with E-state index in [4.69, 9.17) is 0 Å². The summed E-state index contributed by atoms with van der Waals surface area (Å²) in [7, 11) is 0. The van der Waals surface area contributed by atoms with Crippen LogP contribution in [0.3, 0.4) is 0 Å². The molecule has 1 aliphatic heterocycles. The first kappa shape index (κ1) is 17.8. The van der Waals surface area contributed by atoms with E-state index in [1.54, 1.807) is 17.5 Å². The van der Waals surface area contributed by atoms with Gasteiger partial charge < -0.3 is 4.90 Å². The minimum atomic E-state index is -2.48. The van der Waals surface area contributed by atoms with Gasteiger partial charge in [-0.2, -0.15) is 5.10 Å². The summed E-state index contributed by atoms with van der Waals surface area (Å²) < 4.78 is 26.8. The maximum atomic E-state index is 12.8. The molecule has 6 rings (SSSR count). The average molecular weight is 425 g/mol. The van der Waals surface area contributed by atoms with Crippen molar-refractivity contribution in [1.82, 2.24) is 29.9 Å². The lowest BCUT2D eigenvalue weighted by atomic mass is 10.2. The van der Waals surface area contributed by atoms with Gasteiger partial charge in [0.15, 0.2) is 5.65 Å². The highest BCUT2D eigenvalue weighted by atomic mass is 32.1. The lowest BCUT2D eigenvalue weighted by Crippen LogP contribution is -2.25. The zero-order valence-corrected chi connectivity index (χ0v) is 16.6. The molecule has 0 amide bonds. The van der Waals surface area contributed by atoms with Gasteiger partial charge >= 0.3 is 0 Å². The van der Waals surface area contributed by atoms with E-state index < -0.39 is 13.0 Å². The second kappa shape index (κ2) is 6.76. The van der Waals surface area contributed by atoms with Gasteiger partial charge in [-0.1, -0.05) is 41.7 Å². The van der Waals surface area contributed by atoms with Crippen LogP contribution in [0.5, 0.6) is 0 Å². The number of benzene rings is 1. The summed E-state index contributed by atoms with van der Waals surface area (Å²) in [5, 5.41) is 14.9. The summed E-state index contributed by atoms with van der Waals surface area (Å²) in [5.74, 6) is 2.19. The summed E-state index contributed by atoms with van der Waals surface area (Å²) >= 11 is 1.67. The lowest BCUT2D eigenvalue weighted by Gasteiger charge is -2.20. The number of aromatic nitrogens is 6. The van der Waals surface area contributed by atoms with E-state index >= 15 is 0 Å². The Labute approximate surface area is 174 Å². The normalized spacial score (nSPS) is 22.8. The van der Waals surface area contributed by atoms with Crippen molar-refractivity contribution >= 4 is 28.3 Å². The Morgan fingerprint density at radius 1 is 1.07 bits per heavy atom. The van der Waals surface area contributed by atoms with Gasteiger partial charge in [-0.15, -0.1) is 10.2 Å². The predicted octanol–water partition coefficient (Wildman–Crippen LogP) is 3.46. The van der Waals surface area contributed by atoms with Crippen molar-refractivity contribution in [1.29, 1.82) is 0 Å². The number of piperidine rings is 1. The van der Waals surface area contributed by atoms with Gasteiger partial charge in [0, 0.05) is 24.6 Å². The van der Waals surface area contributed by atoms with Crippen LogP contribution in [-0.4, -0.2) is 49.5 Å². The molecule has 1 aliphatic carbocycles. The molecule has 2 unspecified atom stereocenters. The number of halogens is 2. The van der Waals surface area contributed by atoms with Crippen molar-refractivity contribution in [2.75, 3.05) is 18.0 Å². The van der Waals surface area contributed by atoms with Crippen LogP contribution in [0.4, 0.5) is 14.6 Å². The van der Waals surface area contributed by atoms with Gasteiger partial charge in [0.1, 0.15) is 27.9 Å². The SMILES string of the molecule is FC(F)Cn1ncc2ncc(N3CC4C(c5nnc(-c6ccccc6)s5)[C@@H]4C3)nc21. The number of rotatable bonds is 5. The van der Waals surface area contributed by atoms with E-state index in [-0.39, 0.29) is 0 Å². The molecule has 0 spiro atoms. The highest BCUT2D eigenvalue weighted by molar-refractivity contribution is 7.14. The molecule has 30 heavy (non-hydrogen) atoms. The quantitative estimate of drug-likeness (QED) is 0.488. The van der Waals surface area contributed by atoms with Crippen molar-refractivity contribution in [2.45, 2.75) is 18.9 Å². The summed E-state index contributed by atoms with van der Waals surface area (Å²) in [5.41, 5.74) is 2.03. The number of anilines is 1. The second-order valence-electron chi connectivity index (χ2n) is 7.72. The Hall–Kier alpha value is -3.01. The van der Waals surface area contributed by atoms with Crippen LogP contribution in [0.1, 0.15) is 10.9 Å². The Morgan fingerprint density at radius 3 is 2.63 bits per heavy atom. The average Bonchev–Trinajstić information content (AvgIpc) is 3.21. The van der Waals surface area contributed by atoms with Crippen molar-refractivity contribution < 1.29 is 8.78 Å². The maximum Gasteiger partial charge on any atom is 0.258 e. The molecule has 4 aromatic rings. The molecule has 1 saturated carbocycles. The molecule has 1 saturated heterocycles. The minimum Gasteiger partial charge on any atom is -0.355 e. The number of hydrogen-bond acceptors (Lipinski definition) is 7. The number of fused-ring (bicyclic) bond motifs is 2. The summed E-state index contributed by atoms with van der Waals surface area (Å²) in [4.78, 5) is 11.1. The van der Waals surface area contributed by atoms with Crippen molar-refractivity contribution in [3.63, 3.8) is 0 Å². The van der Waals surface area contributed by atoms with E-state index in [1.165, 1.54) is 10.9 Å². The van der Waals surface area contributed by atoms with Crippen LogP contribution >= 0.6 is 11.3 Å². The van der Waals surface area contributed by atoms with Crippen molar-refractivity contribution in [2.24, 2.45) is 11.8 Å². The number of hydrogen-bond donors (Lipinski definition) is 0. The van der Waals surface area contributed by atoms with Gasteiger partial charge in [0.25, 0.3) is 6.43 Å². The van der Waals surface area contributed by atoms with E-state index in [0.717, 1.165) is 28.7 Å². The molecule has 10 heteroatoms. The van der Waals surface area contributed by atoms with Crippen molar-refractivity contribution in [3.8, 4) is 10.6 Å². The first-order valence-corrected chi connectivity index (χ1v) is 10.6. The molecule has 0 N–H and O–H groups in total. The number of nitrogens with zero attached hydrogens (tertiary/aromatic N) is 7. The Kier molecular flexibility index (Phi) is 4.02. The lowest BCUT2D eigenvalue weighted by molar-refractivity contribution is 0.123. The van der Waals surface area contributed by atoms with E-state index in [2.05, 4.69) is 30.2 Å². The summed E-state index contributed by atoms with van der Waals surface area (Å²) in [6.45, 7) is 1.24. The highest BCUT2D eigenvalue weighted by Gasteiger charge is 2.58. The number of alkyl halides is 2. The topological polar surface area (TPSA) is 72.6 Å². The summed E-state index contributed by atoms with van der Waals surface area (Å²) in [6.07, 6.45) is 0.701. The first-order chi connectivity index (χ1) is 14.7. The smallest absolute Gasteiger partial charge is 0.258 e. The third-order valence-electron chi connectivity index (χ3n) is 5.91. The van der Waals surface area contributed by atoms with Crippen molar-refractivity contribution in [3.05, 3.63) is 47.7 Å². The zero-order valence-electron chi connectivity index (χ0n) is 15.8. The monoisotopic (exact) mass is 425 g/mol. The zero-order chi connectivity index (χ0) is 20.2. The van der Waals surface area contributed by atoms with Crippen LogP contribution in [0.25, 0.3) is 21.7 Å². The molecule has 2 fully saturated rings. The Morgan fingerprint density at radius 2 is 1.87 bits per heavy atom. The van der Waals surface area contributed by atoms with E-state index in [1.807, 2.05) is 30.3 Å². The Balaban J connectivity index is 1.18. The standard InChI is InChI=1S/C20H17F2N7S/c21-15(22)10-29-18-14(6-24-29)23-7-16(25-18)28-8-12-13(9-28)17(12)20-27-26-19(30-20)11-4-2-1-3-5-11/h1-7,12-13,15,17H,8-10H2/t12-,13?,17?/m1/s1. The van der Waals surface area contributed by atoms with Gasteiger partial charge in [0.2, 0.25) is 0 Å². The highest BCUT2D eigenvalue weighted by Crippen LogP contribution is 2.59. The molecule has 4 heterocycles. The van der Waals surface area contributed by atoms with Gasteiger partial charge in [-0.3, -0.25) is 0 Å². The molecule has 0 bridgehead atoms. The molecule has 152 valence electrons. The largest absolute Gasteiger partial charge is 0.355 e. The van der Waals surface area contributed by atoms with Gasteiger partial charge in [0.05, 0.1) is 12.4 Å². The molecule has 7 nitrogen and oxygen atoms in total. The molecule has 1 aromatic carbocycles. The molecule has 3 aromatic heterocycles. The first-order valence-electron chi connectivity index (χ1n) is 9.78. The Bertz CT molecular complexity index is 1200. The third kappa shape index (κ3) is 2.94. The molecular formula is C20H17F2N7S. The maximum absolute atomic E-state index is 12.8. The van der Waals surface area contributed by atoms with E-state index in [9.17, 15) is 8.78 Å². The fourth-order valence-corrected chi connectivity index (χ4v) is 5.50. The fraction of sp³-hybridized carbons (Fsp3) is 0.350. The molecular weight excluding hydrogens is 408 g/mol. The van der Waals surface area contributed by atoms with Crippen LogP contribution in [0.15, 0.2) is 42.7 Å². The van der Waals surface area contributed by atoms with Gasteiger partial charge in [-0.25, -0.2) is 23.4 Å². The van der Waals surface area contributed by atoms with Crippen LogP contribution < -0.4 is 4.90 Å². The van der Waals surface area contributed by atoms with Crippen LogP contribution in [-0.2, 0) is 6.54 Å². The third-order valence-corrected chi connectivity index (χ3v) is 6.98. The second-order valence-corrected chi connectivity index (χ2v) is 8.73. The molecule has 3 atom stereocenters. The fourth-order valence-electron chi connectivity index (χ4n) is 4.40. The minimum absolute atomic E-state index is 0.404. The summed E-state index contributed by atoms with van der Waals surface area (Å²) in [6, 6.07) is 10.1. The predicted molar refractivity (Wildman–Crippen MR) is 109 cm³/mol. The van der Waals surface area contributed by atoms with Crippen LogP contribution in [0, 0.1) is 11.8 Å². The van der Waals surface area contributed by atoms with Gasteiger partial charge in [-0.05, 0) is 11.8 Å². The molecule has 0 radical (unpaired) electrons.